The van der Waals surface area contributed by atoms with Gasteiger partial charge in [0.1, 0.15) is 6.54 Å². The molecule has 2 aliphatic rings. The van der Waals surface area contributed by atoms with Crippen LogP contribution in [-0.2, 0) is 11.3 Å². The number of rotatable bonds is 5. The maximum Gasteiger partial charge on any atom is 0.320 e. The molecular weight excluding hydrogens is 302 g/mol. The summed E-state index contributed by atoms with van der Waals surface area (Å²) in [5.41, 5.74) is 1.12. The number of amides is 3. The minimum atomic E-state index is -0.0325. The van der Waals surface area contributed by atoms with Gasteiger partial charge in [-0.25, -0.2) is 4.79 Å². The Morgan fingerprint density at radius 3 is 2.38 bits per heavy atom. The first kappa shape index (κ1) is 16.8. The van der Waals surface area contributed by atoms with Crippen LogP contribution in [0.25, 0.3) is 0 Å². The van der Waals surface area contributed by atoms with E-state index in [0.717, 1.165) is 18.4 Å². The Hall–Kier alpha value is -2.04. The normalized spacial score (nSPS) is 19.4. The summed E-state index contributed by atoms with van der Waals surface area (Å²) in [6.07, 6.45) is 7.06. The molecule has 3 amide bonds. The number of urea groups is 1. The van der Waals surface area contributed by atoms with Gasteiger partial charge in [-0.3, -0.25) is 4.79 Å². The van der Waals surface area contributed by atoms with Crippen LogP contribution in [-0.4, -0.2) is 47.4 Å². The summed E-state index contributed by atoms with van der Waals surface area (Å²) in [5, 5.41) is 3.12. The van der Waals surface area contributed by atoms with Crippen LogP contribution in [0, 0.1) is 0 Å². The lowest BCUT2D eigenvalue weighted by atomic mass is 10.1. The van der Waals surface area contributed by atoms with Crippen molar-refractivity contribution in [3.05, 3.63) is 35.9 Å². The van der Waals surface area contributed by atoms with Crippen molar-refractivity contribution >= 4 is 11.9 Å². The molecule has 1 heterocycles. The molecule has 1 aromatic rings. The van der Waals surface area contributed by atoms with Crippen molar-refractivity contribution in [1.82, 2.24) is 15.1 Å². The maximum absolute atomic E-state index is 12.5. The van der Waals surface area contributed by atoms with Crippen LogP contribution in [0.1, 0.15) is 44.1 Å². The summed E-state index contributed by atoms with van der Waals surface area (Å²) < 4.78 is 0. The van der Waals surface area contributed by atoms with Gasteiger partial charge >= 0.3 is 6.03 Å². The van der Waals surface area contributed by atoms with E-state index in [2.05, 4.69) is 5.32 Å². The lowest BCUT2D eigenvalue weighted by Gasteiger charge is -2.21. The van der Waals surface area contributed by atoms with Gasteiger partial charge in [-0.2, -0.15) is 0 Å². The van der Waals surface area contributed by atoms with Gasteiger partial charge in [0.05, 0.1) is 0 Å². The molecule has 0 aromatic heterocycles. The second-order valence-electron chi connectivity index (χ2n) is 6.87. The zero-order chi connectivity index (χ0) is 16.8. The Kier molecular flexibility index (Phi) is 5.72. The topological polar surface area (TPSA) is 52.7 Å². The maximum atomic E-state index is 12.5. The smallest absolute Gasteiger partial charge is 0.320 e. The van der Waals surface area contributed by atoms with Gasteiger partial charge < -0.3 is 15.1 Å². The van der Waals surface area contributed by atoms with E-state index in [0.29, 0.717) is 19.6 Å². The molecule has 1 aliphatic carbocycles. The molecule has 1 saturated heterocycles. The molecule has 5 nitrogen and oxygen atoms in total. The van der Waals surface area contributed by atoms with E-state index < -0.39 is 0 Å². The molecule has 0 bridgehead atoms. The first-order valence-corrected chi connectivity index (χ1v) is 9.09. The predicted octanol–water partition coefficient (Wildman–Crippen LogP) is 2.76. The minimum Gasteiger partial charge on any atom is -0.352 e. The second kappa shape index (κ2) is 8.18. The Balaban J connectivity index is 1.47. The van der Waals surface area contributed by atoms with E-state index in [1.807, 2.05) is 35.2 Å². The lowest BCUT2D eigenvalue weighted by molar-refractivity contribution is -0.122. The third-order valence-corrected chi connectivity index (χ3v) is 4.95. The zero-order valence-electron chi connectivity index (χ0n) is 14.2. The van der Waals surface area contributed by atoms with E-state index in [1.165, 1.54) is 25.7 Å². The van der Waals surface area contributed by atoms with Gasteiger partial charge in [0.15, 0.2) is 0 Å². The monoisotopic (exact) mass is 329 g/mol. The van der Waals surface area contributed by atoms with Crippen molar-refractivity contribution < 1.29 is 9.59 Å². The van der Waals surface area contributed by atoms with Crippen LogP contribution in [0.4, 0.5) is 4.79 Å². The van der Waals surface area contributed by atoms with E-state index in [9.17, 15) is 9.59 Å². The number of hydrogen-bond donors (Lipinski definition) is 1. The summed E-state index contributed by atoms with van der Waals surface area (Å²) in [7, 11) is 0. The number of nitrogens with zero attached hydrogens (tertiary/aromatic N) is 2. The summed E-state index contributed by atoms with van der Waals surface area (Å²) in [5.74, 6) is -0.0168. The van der Waals surface area contributed by atoms with Crippen LogP contribution in [0.3, 0.4) is 0 Å². The number of nitrogens with one attached hydrogen (secondary N) is 1. The molecule has 1 N–H and O–H groups in total. The highest BCUT2D eigenvalue weighted by Gasteiger charge is 2.30. The molecule has 1 aliphatic heterocycles. The number of carbonyl (C=O) groups is 2. The molecule has 24 heavy (non-hydrogen) atoms. The molecule has 0 spiro atoms. The summed E-state index contributed by atoms with van der Waals surface area (Å²) >= 11 is 0. The van der Waals surface area contributed by atoms with Gasteiger partial charge in [0.25, 0.3) is 0 Å². The Bertz CT molecular complexity index is 553. The van der Waals surface area contributed by atoms with Crippen LogP contribution in [0.2, 0.25) is 0 Å². The molecule has 0 unspecified atom stereocenters. The highest BCUT2D eigenvalue weighted by atomic mass is 16.2. The first-order valence-electron chi connectivity index (χ1n) is 9.09. The molecule has 5 heteroatoms. The van der Waals surface area contributed by atoms with Gasteiger partial charge in [0, 0.05) is 25.7 Å². The standard InChI is InChI=1S/C19H27N3O2/c23-18(20-17-10-6-1-2-7-11-17)15-22-13-12-21(19(22)24)14-16-8-4-3-5-9-16/h3-5,8-9,17H,1-2,6-7,10-15H2,(H,20,23). The number of hydrogen-bond acceptors (Lipinski definition) is 2. The van der Waals surface area contributed by atoms with E-state index >= 15 is 0 Å². The molecule has 0 radical (unpaired) electrons. The molecule has 1 aromatic carbocycles. The lowest BCUT2D eigenvalue weighted by Crippen LogP contribution is -2.43. The Morgan fingerprint density at radius 1 is 1.00 bits per heavy atom. The highest BCUT2D eigenvalue weighted by Crippen LogP contribution is 2.17. The van der Waals surface area contributed by atoms with Crippen molar-refractivity contribution in [2.24, 2.45) is 0 Å². The number of carbonyl (C=O) groups excluding carboxylic acids is 2. The highest BCUT2D eigenvalue weighted by molar-refractivity contribution is 5.85. The van der Waals surface area contributed by atoms with E-state index in [1.54, 1.807) is 4.90 Å². The van der Waals surface area contributed by atoms with Gasteiger partial charge in [0.2, 0.25) is 5.91 Å². The largest absolute Gasteiger partial charge is 0.352 e. The van der Waals surface area contributed by atoms with Gasteiger partial charge in [-0.05, 0) is 18.4 Å². The Labute approximate surface area is 144 Å². The molecule has 0 atom stereocenters. The summed E-state index contributed by atoms with van der Waals surface area (Å²) in [6, 6.07) is 10.2. The van der Waals surface area contributed by atoms with Crippen molar-refractivity contribution in [3.63, 3.8) is 0 Å². The first-order chi connectivity index (χ1) is 11.7. The SMILES string of the molecule is O=C(CN1CCN(Cc2ccccc2)C1=O)NC1CCCCCC1. The third kappa shape index (κ3) is 4.49. The molecule has 1 saturated carbocycles. The van der Waals surface area contributed by atoms with Gasteiger partial charge in [-0.15, -0.1) is 0 Å². The third-order valence-electron chi connectivity index (χ3n) is 4.95. The predicted molar refractivity (Wildman–Crippen MR) is 93.5 cm³/mol. The molecule has 130 valence electrons. The van der Waals surface area contributed by atoms with Crippen molar-refractivity contribution in [1.29, 1.82) is 0 Å². The summed E-state index contributed by atoms with van der Waals surface area (Å²) in [6.45, 7) is 2.11. The van der Waals surface area contributed by atoms with E-state index in [-0.39, 0.29) is 24.5 Å². The fourth-order valence-electron chi connectivity index (χ4n) is 3.60. The minimum absolute atomic E-state index is 0.0168. The second-order valence-corrected chi connectivity index (χ2v) is 6.87. The number of benzene rings is 1. The van der Waals surface area contributed by atoms with Crippen molar-refractivity contribution in [2.45, 2.75) is 51.1 Å². The van der Waals surface area contributed by atoms with Crippen LogP contribution < -0.4 is 5.32 Å². The average molecular weight is 329 g/mol. The molecule has 2 fully saturated rings. The molecule has 3 rings (SSSR count). The molecular formula is C19H27N3O2. The fourth-order valence-corrected chi connectivity index (χ4v) is 3.60. The fraction of sp³-hybridized carbons (Fsp3) is 0.579. The van der Waals surface area contributed by atoms with E-state index in [4.69, 9.17) is 0 Å². The van der Waals surface area contributed by atoms with Gasteiger partial charge in [-0.1, -0.05) is 56.0 Å². The Morgan fingerprint density at radius 2 is 1.67 bits per heavy atom. The van der Waals surface area contributed by atoms with Crippen LogP contribution in [0.15, 0.2) is 30.3 Å². The quantitative estimate of drug-likeness (QED) is 0.845. The van der Waals surface area contributed by atoms with Crippen LogP contribution in [0.5, 0.6) is 0 Å². The zero-order valence-corrected chi connectivity index (χ0v) is 14.2. The van der Waals surface area contributed by atoms with Crippen molar-refractivity contribution in [2.75, 3.05) is 19.6 Å². The average Bonchev–Trinajstić information content (AvgIpc) is 2.79. The van der Waals surface area contributed by atoms with Crippen LogP contribution >= 0.6 is 0 Å². The summed E-state index contributed by atoms with van der Waals surface area (Å²) in [4.78, 5) is 28.2. The van der Waals surface area contributed by atoms with Crippen molar-refractivity contribution in [3.8, 4) is 0 Å².